The first-order chi connectivity index (χ1) is 13.5. The third kappa shape index (κ3) is 3.84. The van der Waals surface area contributed by atoms with E-state index in [0.29, 0.717) is 37.6 Å². The summed E-state index contributed by atoms with van der Waals surface area (Å²) in [5.74, 6) is -0.492. The predicted molar refractivity (Wildman–Crippen MR) is 101 cm³/mol. The number of nitrogens with zero attached hydrogens (tertiary/aromatic N) is 3. The summed E-state index contributed by atoms with van der Waals surface area (Å²) >= 11 is 6.08. The van der Waals surface area contributed by atoms with Crippen LogP contribution in [0.1, 0.15) is 43.0 Å². The van der Waals surface area contributed by atoms with Gasteiger partial charge in [-0.3, -0.25) is 9.36 Å². The number of aromatic nitrogens is 3. The summed E-state index contributed by atoms with van der Waals surface area (Å²) in [7, 11) is 0. The second-order valence-corrected chi connectivity index (χ2v) is 7.68. The third-order valence-corrected chi connectivity index (χ3v) is 5.71. The van der Waals surface area contributed by atoms with Gasteiger partial charge in [-0.05, 0) is 43.4 Å². The molecule has 2 aliphatic heterocycles. The monoisotopic (exact) mass is 408 g/mol. The molecule has 28 heavy (non-hydrogen) atoms. The molecule has 2 aliphatic rings. The molecule has 1 amide bonds. The van der Waals surface area contributed by atoms with Gasteiger partial charge in [-0.2, -0.15) is 5.10 Å². The van der Waals surface area contributed by atoms with Crippen molar-refractivity contribution < 1.29 is 13.9 Å². The summed E-state index contributed by atoms with van der Waals surface area (Å²) in [5, 5.41) is 7.75. The lowest BCUT2D eigenvalue weighted by Gasteiger charge is -2.27. The number of amides is 1. The van der Waals surface area contributed by atoms with Gasteiger partial charge >= 0.3 is 5.69 Å². The number of ether oxygens (including phenoxy) is 1. The lowest BCUT2D eigenvalue weighted by atomic mass is 9.97. The standard InChI is InChI=1S/C19H22ClFN4O3/c20-16-10-13(21)4-3-12(16)11-25-19(27)24-7-1-2-15(17(24)23-25)18(26)22-14-5-8-28-9-6-14/h3-4,10,14-15H,1-2,5-9,11H2,(H,22,26). The van der Waals surface area contributed by atoms with Crippen LogP contribution in [0.2, 0.25) is 5.02 Å². The molecular formula is C19H22ClFN4O3. The summed E-state index contributed by atoms with van der Waals surface area (Å²) in [6, 6.07) is 4.15. The van der Waals surface area contributed by atoms with Crippen molar-refractivity contribution in [3.05, 3.63) is 50.9 Å². The van der Waals surface area contributed by atoms with Crippen molar-refractivity contribution in [3.8, 4) is 0 Å². The number of nitrogens with one attached hydrogen (secondary N) is 1. The molecule has 0 saturated carbocycles. The largest absolute Gasteiger partial charge is 0.381 e. The van der Waals surface area contributed by atoms with Crippen LogP contribution in [0.25, 0.3) is 0 Å². The number of hydrogen-bond donors (Lipinski definition) is 1. The molecule has 1 unspecified atom stereocenters. The number of fused-ring (bicyclic) bond motifs is 1. The number of hydrogen-bond acceptors (Lipinski definition) is 4. The van der Waals surface area contributed by atoms with Gasteiger partial charge in [0.15, 0.2) is 0 Å². The van der Waals surface area contributed by atoms with Crippen molar-refractivity contribution in [3.63, 3.8) is 0 Å². The van der Waals surface area contributed by atoms with Crippen LogP contribution in [0, 0.1) is 5.82 Å². The Bertz CT molecular complexity index is 936. The molecule has 7 nitrogen and oxygen atoms in total. The van der Waals surface area contributed by atoms with Crippen LogP contribution in [0.3, 0.4) is 0 Å². The van der Waals surface area contributed by atoms with Crippen LogP contribution in [0.4, 0.5) is 4.39 Å². The van der Waals surface area contributed by atoms with E-state index in [1.54, 1.807) is 4.57 Å². The van der Waals surface area contributed by atoms with Gasteiger partial charge in [-0.1, -0.05) is 17.7 Å². The highest BCUT2D eigenvalue weighted by molar-refractivity contribution is 6.31. The Morgan fingerprint density at radius 1 is 1.32 bits per heavy atom. The maximum Gasteiger partial charge on any atom is 0.346 e. The number of carbonyl (C=O) groups is 1. The topological polar surface area (TPSA) is 78.2 Å². The summed E-state index contributed by atoms with van der Waals surface area (Å²) in [5.41, 5.74) is 0.322. The molecule has 9 heteroatoms. The van der Waals surface area contributed by atoms with Crippen LogP contribution in [-0.2, 0) is 22.6 Å². The van der Waals surface area contributed by atoms with Gasteiger partial charge < -0.3 is 10.1 Å². The van der Waals surface area contributed by atoms with E-state index in [-0.39, 0.29) is 29.2 Å². The van der Waals surface area contributed by atoms with Crippen LogP contribution in [0.5, 0.6) is 0 Å². The molecule has 2 aromatic rings. The van der Waals surface area contributed by atoms with Crippen LogP contribution >= 0.6 is 11.6 Å². The van der Waals surface area contributed by atoms with Gasteiger partial charge in [0.1, 0.15) is 11.6 Å². The Balaban J connectivity index is 1.56. The first-order valence-corrected chi connectivity index (χ1v) is 9.90. The highest BCUT2D eigenvalue weighted by Crippen LogP contribution is 2.26. The second-order valence-electron chi connectivity index (χ2n) is 7.28. The zero-order valence-electron chi connectivity index (χ0n) is 15.4. The predicted octanol–water partition coefficient (Wildman–Crippen LogP) is 2.06. The van der Waals surface area contributed by atoms with Gasteiger partial charge in [0.2, 0.25) is 5.91 Å². The maximum absolute atomic E-state index is 13.3. The summed E-state index contributed by atoms with van der Waals surface area (Å²) in [4.78, 5) is 25.6. The first-order valence-electron chi connectivity index (χ1n) is 9.52. The Morgan fingerprint density at radius 2 is 2.11 bits per heavy atom. The summed E-state index contributed by atoms with van der Waals surface area (Å²) in [6.07, 6.45) is 2.98. The molecule has 1 atom stereocenters. The van der Waals surface area contributed by atoms with Gasteiger partial charge in [0.25, 0.3) is 0 Å². The molecule has 0 aliphatic carbocycles. The second kappa shape index (κ2) is 8.05. The van der Waals surface area contributed by atoms with Crippen molar-refractivity contribution in [1.82, 2.24) is 19.7 Å². The molecule has 150 valence electrons. The quantitative estimate of drug-likeness (QED) is 0.840. The molecule has 0 spiro atoms. The van der Waals surface area contributed by atoms with Crippen molar-refractivity contribution in [2.45, 2.75) is 50.7 Å². The zero-order chi connectivity index (χ0) is 19.7. The minimum Gasteiger partial charge on any atom is -0.381 e. The smallest absolute Gasteiger partial charge is 0.346 e. The molecule has 0 radical (unpaired) electrons. The van der Waals surface area contributed by atoms with Crippen molar-refractivity contribution in [2.75, 3.05) is 13.2 Å². The third-order valence-electron chi connectivity index (χ3n) is 5.36. The van der Waals surface area contributed by atoms with Crippen LogP contribution < -0.4 is 11.0 Å². The van der Waals surface area contributed by atoms with E-state index >= 15 is 0 Å². The zero-order valence-corrected chi connectivity index (χ0v) is 16.1. The van der Waals surface area contributed by atoms with Gasteiger partial charge in [-0.15, -0.1) is 0 Å². The Morgan fingerprint density at radius 3 is 2.86 bits per heavy atom. The van der Waals surface area contributed by atoms with E-state index in [1.165, 1.54) is 22.9 Å². The lowest BCUT2D eigenvalue weighted by molar-refractivity contribution is -0.124. The first kappa shape index (κ1) is 19.1. The van der Waals surface area contributed by atoms with E-state index in [2.05, 4.69) is 10.4 Å². The fourth-order valence-corrected chi connectivity index (χ4v) is 4.04. The average Bonchev–Trinajstić information content (AvgIpc) is 3.00. The van der Waals surface area contributed by atoms with Crippen molar-refractivity contribution >= 4 is 17.5 Å². The Hall–Kier alpha value is -2.19. The lowest BCUT2D eigenvalue weighted by Crippen LogP contribution is -2.43. The number of rotatable bonds is 4. The molecular weight excluding hydrogens is 387 g/mol. The molecule has 4 rings (SSSR count). The summed E-state index contributed by atoms with van der Waals surface area (Å²) in [6.45, 7) is 1.96. The average molecular weight is 409 g/mol. The molecule has 3 heterocycles. The normalized spacial score (nSPS) is 20.0. The highest BCUT2D eigenvalue weighted by atomic mass is 35.5. The van der Waals surface area contributed by atoms with E-state index < -0.39 is 11.7 Å². The Labute approximate surface area is 166 Å². The minimum absolute atomic E-state index is 0.0928. The van der Waals surface area contributed by atoms with Crippen molar-refractivity contribution in [2.24, 2.45) is 0 Å². The fraction of sp³-hybridized carbons (Fsp3) is 0.526. The number of halogens is 2. The van der Waals surface area contributed by atoms with E-state index in [9.17, 15) is 14.0 Å². The molecule has 1 aromatic carbocycles. The maximum atomic E-state index is 13.3. The highest BCUT2D eigenvalue weighted by Gasteiger charge is 2.32. The van der Waals surface area contributed by atoms with Gasteiger partial charge in [-0.25, -0.2) is 13.9 Å². The van der Waals surface area contributed by atoms with Crippen LogP contribution in [0.15, 0.2) is 23.0 Å². The molecule has 0 bridgehead atoms. The van der Waals surface area contributed by atoms with Gasteiger partial charge in [0, 0.05) is 30.8 Å². The molecule has 1 N–H and O–H groups in total. The SMILES string of the molecule is O=C(NC1CCOCC1)C1CCCn2c1nn(Cc1ccc(F)cc1Cl)c2=O. The summed E-state index contributed by atoms with van der Waals surface area (Å²) < 4.78 is 21.5. The van der Waals surface area contributed by atoms with Gasteiger partial charge in [0.05, 0.1) is 12.5 Å². The number of carbonyl (C=O) groups excluding carboxylic acids is 1. The molecule has 1 saturated heterocycles. The van der Waals surface area contributed by atoms with Crippen molar-refractivity contribution in [1.29, 1.82) is 0 Å². The fourth-order valence-electron chi connectivity index (χ4n) is 3.81. The van der Waals surface area contributed by atoms with Crippen LogP contribution in [-0.4, -0.2) is 39.5 Å². The Kier molecular flexibility index (Phi) is 5.50. The minimum atomic E-state index is -0.450. The number of benzene rings is 1. The van der Waals surface area contributed by atoms with E-state index in [4.69, 9.17) is 16.3 Å². The molecule has 1 aromatic heterocycles. The van der Waals surface area contributed by atoms with E-state index in [0.717, 1.165) is 19.3 Å². The molecule has 1 fully saturated rings. The van der Waals surface area contributed by atoms with E-state index in [1.807, 2.05) is 0 Å².